The van der Waals surface area contributed by atoms with Crippen molar-refractivity contribution >= 4 is 0 Å². The summed E-state index contributed by atoms with van der Waals surface area (Å²) in [7, 11) is 2.14. The van der Waals surface area contributed by atoms with Crippen LogP contribution in [0.2, 0.25) is 0 Å². The first kappa shape index (κ1) is 17.1. The van der Waals surface area contributed by atoms with E-state index >= 15 is 0 Å². The van der Waals surface area contributed by atoms with Crippen molar-refractivity contribution in [3.8, 4) is 0 Å². The van der Waals surface area contributed by atoms with E-state index in [0.717, 1.165) is 32.1 Å². The number of allylic oxidation sites excluding steroid dienone is 1. The van der Waals surface area contributed by atoms with E-state index in [1.165, 1.54) is 19.3 Å². The number of hydrogen-bond acceptors (Lipinski definition) is 3. The summed E-state index contributed by atoms with van der Waals surface area (Å²) in [4.78, 5) is 0. The summed E-state index contributed by atoms with van der Waals surface area (Å²) in [6.07, 6.45) is 18.3. The van der Waals surface area contributed by atoms with E-state index in [9.17, 15) is 10.2 Å². The fraction of sp³-hybridized carbons (Fsp3) is 0.840. The Balaban J connectivity index is 1.54. The molecule has 0 heterocycles. The van der Waals surface area contributed by atoms with Gasteiger partial charge in [-0.05, 0) is 80.6 Å². The first-order valence-corrected chi connectivity index (χ1v) is 11.8. The largest absolute Gasteiger partial charge is 0.392 e. The lowest BCUT2D eigenvalue weighted by molar-refractivity contribution is -0.316. The third-order valence-electron chi connectivity index (χ3n) is 11.6. The van der Waals surface area contributed by atoms with Crippen molar-refractivity contribution in [1.29, 1.82) is 0 Å². The molecule has 0 aliphatic heterocycles. The van der Waals surface area contributed by atoms with Crippen LogP contribution < -0.4 is 5.32 Å². The molecule has 28 heavy (non-hydrogen) atoms. The van der Waals surface area contributed by atoms with Gasteiger partial charge in [0, 0.05) is 22.8 Å². The maximum atomic E-state index is 12.5. The van der Waals surface area contributed by atoms with Gasteiger partial charge in [-0.15, -0.1) is 0 Å². The molecule has 0 aromatic rings. The Kier molecular flexibility index (Phi) is 2.84. The first-order valence-electron chi connectivity index (χ1n) is 11.8. The molecule has 0 saturated heterocycles. The van der Waals surface area contributed by atoms with E-state index in [0.29, 0.717) is 23.8 Å². The number of aliphatic hydroxyl groups excluding tert-OH is 1. The molecular weight excluding hydrogens is 346 g/mol. The fourth-order valence-corrected chi connectivity index (χ4v) is 11.2. The van der Waals surface area contributed by atoms with Crippen LogP contribution in [0.5, 0.6) is 0 Å². The molecule has 9 aliphatic carbocycles. The van der Waals surface area contributed by atoms with Gasteiger partial charge in [-0.3, -0.25) is 0 Å². The SMILES string of the molecule is CNC1C2C=CC34C(O)C5C=CC6CC5(C)CC(O)(C6)C3(C2)CC42CCCC12. The second-order valence-electron chi connectivity index (χ2n) is 12.2. The van der Waals surface area contributed by atoms with Gasteiger partial charge in [-0.2, -0.15) is 0 Å². The van der Waals surface area contributed by atoms with Gasteiger partial charge in [-0.1, -0.05) is 37.6 Å². The van der Waals surface area contributed by atoms with Crippen LogP contribution in [0, 0.1) is 45.3 Å². The second-order valence-corrected chi connectivity index (χ2v) is 12.2. The zero-order chi connectivity index (χ0) is 19.2. The zero-order valence-electron chi connectivity index (χ0n) is 17.3. The molecule has 11 unspecified atom stereocenters. The first-order chi connectivity index (χ1) is 13.3. The highest BCUT2D eigenvalue weighted by Gasteiger charge is 2.87. The van der Waals surface area contributed by atoms with Crippen LogP contribution in [0.15, 0.2) is 24.3 Å². The Labute approximate surface area is 168 Å². The molecule has 6 fully saturated rings. The molecule has 0 aromatic heterocycles. The van der Waals surface area contributed by atoms with Crippen molar-refractivity contribution in [3.05, 3.63) is 24.3 Å². The molecule has 7 bridgehead atoms. The van der Waals surface area contributed by atoms with Gasteiger partial charge in [0.05, 0.1) is 11.7 Å². The van der Waals surface area contributed by atoms with Crippen LogP contribution in [0.25, 0.3) is 0 Å². The predicted octanol–water partition coefficient (Wildman–Crippen LogP) is 3.43. The van der Waals surface area contributed by atoms with Crippen molar-refractivity contribution < 1.29 is 10.2 Å². The smallest absolute Gasteiger partial charge is 0.0724 e. The second kappa shape index (κ2) is 4.65. The van der Waals surface area contributed by atoms with Crippen LogP contribution >= 0.6 is 0 Å². The van der Waals surface area contributed by atoms with Gasteiger partial charge >= 0.3 is 0 Å². The van der Waals surface area contributed by atoms with E-state index in [2.05, 4.69) is 43.6 Å². The Hall–Kier alpha value is -0.640. The Morgan fingerprint density at radius 2 is 1.93 bits per heavy atom. The summed E-state index contributed by atoms with van der Waals surface area (Å²) >= 11 is 0. The average Bonchev–Trinajstić information content (AvgIpc) is 2.95. The van der Waals surface area contributed by atoms with Gasteiger partial charge in [0.1, 0.15) is 0 Å². The Morgan fingerprint density at radius 1 is 1.07 bits per heavy atom. The molecule has 3 heteroatoms. The molecule has 11 atom stereocenters. The third kappa shape index (κ3) is 1.41. The summed E-state index contributed by atoms with van der Waals surface area (Å²) < 4.78 is 0. The molecule has 3 spiro atoms. The fourth-order valence-electron chi connectivity index (χ4n) is 11.2. The van der Waals surface area contributed by atoms with Gasteiger partial charge in [-0.25, -0.2) is 0 Å². The molecule has 0 aromatic carbocycles. The van der Waals surface area contributed by atoms with Crippen molar-refractivity contribution in [2.75, 3.05) is 7.05 Å². The van der Waals surface area contributed by atoms with E-state index in [-0.39, 0.29) is 33.7 Å². The quantitative estimate of drug-likeness (QED) is 0.610. The van der Waals surface area contributed by atoms with Crippen LogP contribution in [-0.2, 0) is 0 Å². The van der Waals surface area contributed by atoms with Gasteiger partial charge in [0.2, 0.25) is 0 Å². The molecule has 3 nitrogen and oxygen atoms in total. The van der Waals surface area contributed by atoms with Gasteiger partial charge in [0.25, 0.3) is 0 Å². The van der Waals surface area contributed by atoms with Gasteiger partial charge < -0.3 is 15.5 Å². The molecule has 9 aliphatic rings. The normalized spacial score (nSPS) is 67.4. The van der Waals surface area contributed by atoms with Crippen LogP contribution in [0.3, 0.4) is 0 Å². The average molecular weight is 382 g/mol. The van der Waals surface area contributed by atoms with Crippen LogP contribution in [0.4, 0.5) is 0 Å². The highest BCUT2D eigenvalue weighted by Crippen LogP contribution is 2.88. The highest BCUT2D eigenvalue weighted by atomic mass is 16.3. The molecule has 9 rings (SSSR count). The van der Waals surface area contributed by atoms with Crippen LogP contribution in [-0.4, -0.2) is 35.0 Å². The molecule has 0 radical (unpaired) electrons. The van der Waals surface area contributed by atoms with Crippen LogP contribution in [0.1, 0.15) is 58.3 Å². The number of aliphatic hydroxyl groups is 2. The number of nitrogens with one attached hydrogen (secondary N) is 1. The Morgan fingerprint density at radius 3 is 2.75 bits per heavy atom. The predicted molar refractivity (Wildman–Crippen MR) is 108 cm³/mol. The van der Waals surface area contributed by atoms with Crippen molar-refractivity contribution in [2.24, 2.45) is 45.3 Å². The molecule has 0 amide bonds. The maximum Gasteiger partial charge on any atom is 0.0724 e. The molecule has 3 N–H and O–H groups in total. The maximum absolute atomic E-state index is 12.5. The monoisotopic (exact) mass is 381 g/mol. The molecule has 6 saturated carbocycles. The number of fused-ring (bicyclic) bond motifs is 2. The summed E-state index contributed by atoms with van der Waals surface area (Å²) in [5.41, 5.74) is -0.780. The van der Waals surface area contributed by atoms with E-state index in [1.807, 2.05) is 0 Å². The lowest BCUT2D eigenvalue weighted by atomic mass is 9.28. The minimum atomic E-state index is -0.630. The summed E-state index contributed by atoms with van der Waals surface area (Å²) in [5, 5.41) is 28.5. The number of rotatable bonds is 1. The molecular formula is C25H35NO2. The minimum absolute atomic E-state index is 0.0355. The van der Waals surface area contributed by atoms with Crippen molar-refractivity contribution in [2.45, 2.75) is 76.0 Å². The Bertz CT molecular complexity index is 821. The van der Waals surface area contributed by atoms with Crippen molar-refractivity contribution in [1.82, 2.24) is 5.32 Å². The van der Waals surface area contributed by atoms with Crippen molar-refractivity contribution in [3.63, 3.8) is 0 Å². The topological polar surface area (TPSA) is 52.5 Å². The number of hydrogen-bond donors (Lipinski definition) is 3. The van der Waals surface area contributed by atoms with E-state index in [4.69, 9.17) is 0 Å². The summed E-state index contributed by atoms with van der Waals surface area (Å²) in [5.74, 6) is 1.80. The molecule has 152 valence electrons. The third-order valence-corrected chi connectivity index (χ3v) is 11.6. The zero-order valence-corrected chi connectivity index (χ0v) is 17.3. The summed E-state index contributed by atoms with van der Waals surface area (Å²) in [6.45, 7) is 2.37. The lowest BCUT2D eigenvalue weighted by Crippen LogP contribution is -2.77. The van der Waals surface area contributed by atoms with Gasteiger partial charge in [0.15, 0.2) is 0 Å². The minimum Gasteiger partial charge on any atom is -0.392 e. The van der Waals surface area contributed by atoms with E-state index in [1.54, 1.807) is 0 Å². The van der Waals surface area contributed by atoms with E-state index < -0.39 is 5.60 Å². The lowest BCUT2D eigenvalue weighted by Gasteiger charge is -2.76. The summed E-state index contributed by atoms with van der Waals surface area (Å²) in [6, 6.07) is 0.503. The standard InChI is InChI=1S/C25H35NO2/c1-21-10-15-5-6-18(21)20(27)25-9-7-16-12-23(25,24(28,11-15)13-21)14-22(25)8-3-4-17(22)19(16)26-2/h5-7,9,15-20,26-28H,3-4,8,10-14H2,1-2H3. The highest BCUT2D eigenvalue weighted by molar-refractivity contribution is 5.44.